The first-order valence-electron chi connectivity index (χ1n) is 13.5. The maximum atomic E-state index is 13.6. The van der Waals surface area contributed by atoms with Crippen molar-refractivity contribution in [2.24, 2.45) is 0 Å². The van der Waals surface area contributed by atoms with E-state index in [4.69, 9.17) is 9.47 Å². The number of aliphatic hydroxyl groups excluding tert-OH is 1. The Morgan fingerprint density at radius 3 is 2.59 bits per heavy atom. The molecule has 6 rings (SSSR count). The fourth-order valence-electron chi connectivity index (χ4n) is 6.54. The molecule has 2 bridgehead atoms. The summed E-state index contributed by atoms with van der Waals surface area (Å²) in [5.74, 6) is 0.201. The molecule has 0 saturated carbocycles. The van der Waals surface area contributed by atoms with Gasteiger partial charge in [0.05, 0.1) is 49.1 Å². The highest BCUT2D eigenvalue weighted by Gasteiger charge is 2.45. The molecule has 2 aromatic carbocycles. The molecule has 8 heteroatoms. The second-order valence-corrected chi connectivity index (χ2v) is 10.8. The number of benzene rings is 2. The van der Waals surface area contributed by atoms with Crippen molar-refractivity contribution >= 4 is 11.8 Å². The van der Waals surface area contributed by atoms with Gasteiger partial charge in [-0.2, -0.15) is 0 Å². The molecular formula is C29H35N3O5. The number of aliphatic hydroxyl groups is 1. The van der Waals surface area contributed by atoms with Gasteiger partial charge in [0.25, 0.3) is 11.8 Å². The minimum Gasteiger partial charge on any atom is -0.493 e. The Balaban J connectivity index is 1.19. The van der Waals surface area contributed by atoms with Crippen LogP contribution in [0.3, 0.4) is 0 Å². The number of hydrogen-bond acceptors (Lipinski definition) is 6. The molecule has 196 valence electrons. The number of ether oxygens (including phenoxy) is 2. The molecular weight excluding hydrogens is 470 g/mol. The summed E-state index contributed by atoms with van der Waals surface area (Å²) in [6, 6.07) is 13.7. The van der Waals surface area contributed by atoms with Gasteiger partial charge in [-0.05, 0) is 61.9 Å². The first-order valence-corrected chi connectivity index (χ1v) is 13.5. The van der Waals surface area contributed by atoms with Crippen LogP contribution in [0.25, 0.3) is 0 Å². The number of piperidine rings is 1. The first-order chi connectivity index (χ1) is 18.0. The number of amides is 2. The first kappa shape index (κ1) is 24.4. The Labute approximate surface area is 217 Å². The molecule has 37 heavy (non-hydrogen) atoms. The third kappa shape index (κ3) is 4.31. The molecule has 4 heterocycles. The predicted molar refractivity (Wildman–Crippen MR) is 138 cm³/mol. The van der Waals surface area contributed by atoms with Crippen LogP contribution in [0, 0.1) is 0 Å². The second-order valence-electron chi connectivity index (χ2n) is 10.8. The molecule has 8 nitrogen and oxygen atoms in total. The Hall–Kier alpha value is -2.94. The molecule has 1 spiro atoms. The van der Waals surface area contributed by atoms with Crippen LogP contribution in [-0.2, 0) is 17.7 Å². The summed E-state index contributed by atoms with van der Waals surface area (Å²) in [6.45, 7) is 4.91. The Morgan fingerprint density at radius 2 is 1.86 bits per heavy atom. The van der Waals surface area contributed by atoms with Gasteiger partial charge in [0.15, 0.2) is 0 Å². The number of carbonyl (C=O) groups is 2. The number of hydrogen-bond donors (Lipinski definition) is 2. The van der Waals surface area contributed by atoms with Crippen LogP contribution in [0.15, 0.2) is 42.5 Å². The maximum Gasteiger partial charge on any atom is 0.257 e. The topological polar surface area (TPSA) is 91.3 Å². The third-order valence-electron chi connectivity index (χ3n) is 8.64. The molecule has 0 aromatic heterocycles. The van der Waals surface area contributed by atoms with Gasteiger partial charge in [0, 0.05) is 25.2 Å². The van der Waals surface area contributed by atoms with Gasteiger partial charge in [-0.15, -0.1) is 0 Å². The number of likely N-dealkylation sites (tertiary alicyclic amines) is 1. The van der Waals surface area contributed by atoms with Crippen molar-refractivity contribution in [1.82, 2.24) is 15.1 Å². The smallest absolute Gasteiger partial charge is 0.257 e. The van der Waals surface area contributed by atoms with E-state index in [2.05, 4.69) is 17.4 Å². The van der Waals surface area contributed by atoms with Gasteiger partial charge in [0.1, 0.15) is 5.75 Å². The number of rotatable bonds is 4. The Bertz CT molecular complexity index is 1190. The Morgan fingerprint density at radius 1 is 1.11 bits per heavy atom. The lowest BCUT2D eigenvalue weighted by molar-refractivity contribution is -0.0139. The summed E-state index contributed by atoms with van der Waals surface area (Å²) < 4.78 is 11.5. The van der Waals surface area contributed by atoms with E-state index in [9.17, 15) is 14.7 Å². The van der Waals surface area contributed by atoms with E-state index in [-0.39, 0.29) is 30.4 Å². The number of morpholine rings is 1. The lowest BCUT2D eigenvalue weighted by Gasteiger charge is -2.48. The SMILES string of the molecule is CCOc1cc(C(=O)N2C3CCC2COC3)ccc1C(=O)N1CCC2(Cc3ccccc3CN2)C(O)C1. The molecule has 0 radical (unpaired) electrons. The molecule has 0 aliphatic carbocycles. The molecule has 4 aliphatic heterocycles. The van der Waals surface area contributed by atoms with Crippen molar-refractivity contribution in [2.75, 3.05) is 32.9 Å². The molecule has 4 atom stereocenters. The molecule has 3 fully saturated rings. The highest BCUT2D eigenvalue weighted by Crippen LogP contribution is 2.35. The van der Waals surface area contributed by atoms with Gasteiger partial charge < -0.3 is 29.7 Å². The van der Waals surface area contributed by atoms with Gasteiger partial charge in [-0.25, -0.2) is 0 Å². The van der Waals surface area contributed by atoms with Crippen LogP contribution < -0.4 is 10.1 Å². The van der Waals surface area contributed by atoms with E-state index in [1.165, 1.54) is 11.1 Å². The van der Waals surface area contributed by atoms with Crippen molar-refractivity contribution in [1.29, 1.82) is 0 Å². The van der Waals surface area contributed by atoms with E-state index in [1.807, 2.05) is 24.0 Å². The summed E-state index contributed by atoms with van der Waals surface area (Å²) in [7, 11) is 0. The molecule has 3 saturated heterocycles. The van der Waals surface area contributed by atoms with Gasteiger partial charge in [-0.1, -0.05) is 24.3 Å². The van der Waals surface area contributed by atoms with Crippen LogP contribution in [0.2, 0.25) is 0 Å². The van der Waals surface area contributed by atoms with Gasteiger partial charge in [-0.3, -0.25) is 9.59 Å². The highest BCUT2D eigenvalue weighted by molar-refractivity contribution is 6.00. The zero-order valence-electron chi connectivity index (χ0n) is 21.3. The summed E-state index contributed by atoms with van der Waals surface area (Å²) in [5.41, 5.74) is 3.05. The normalized spacial score (nSPS) is 28.8. The van der Waals surface area contributed by atoms with E-state index >= 15 is 0 Å². The van der Waals surface area contributed by atoms with E-state index in [1.54, 1.807) is 23.1 Å². The minimum atomic E-state index is -0.688. The van der Waals surface area contributed by atoms with Gasteiger partial charge >= 0.3 is 0 Å². The molecule has 4 unspecified atom stereocenters. The quantitative estimate of drug-likeness (QED) is 0.663. The van der Waals surface area contributed by atoms with E-state index in [0.29, 0.717) is 49.7 Å². The monoisotopic (exact) mass is 505 g/mol. The standard InChI is InChI=1S/C29H35N3O5/c1-2-37-25-13-19(27(34)32-22-8-9-23(32)18-36-17-22)7-10-24(25)28(35)31-12-11-29(26(33)16-31)14-20-5-3-4-6-21(20)15-30-29/h3-7,10,13,22-23,26,30,33H,2,8-9,11-12,14-18H2,1H3. The average molecular weight is 506 g/mol. The zero-order chi connectivity index (χ0) is 25.6. The average Bonchev–Trinajstić information content (AvgIpc) is 3.17. The number of carbonyl (C=O) groups excluding carboxylic acids is 2. The lowest BCUT2D eigenvalue weighted by Crippen LogP contribution is -2.65. The van der Waals surface area contributed by atoms with Gasteiger partial charge in [0.2, 0.25) is 0 Å². The van der Waals surface area contributed by atoms with Crippen molar-refractivity contribution < 1.29 is 24.2 Å². The summed E-state index contributed by atoms with van der Waals surface area (Å²) in [5, 5.41) is 14.8. The van der Waals surface area contributed by atoms with Crippen LogP contribution in [0.4, 0.5) is 0 Å². The number of nitrogens with zero attached hydrogens (tertiary/aromatic N) is 2. The fraction of sp³-hybridized carbons (Fsp3) is 0.517. The van der Waals surface area contributed by atoms with E-state index < -0.39 is 11.6 Å². The van der Waals surface area contributed by atoms with Crippen molar-refractivity contribution in [3.8, 4) is 5.75 Å². The second kappa shape index (κ2) is 9.74. The molecule has 4 aliphatic rings. The van der Waals surface area contributed by atoms with Crippen LogP contribution in [0.5, 0.6) is 5.75 Å². The van der Waals surface area contributed by atoms with Crippen LogP contribution in [-0.4, -0.2) is 83.4 Å². The summed E-state index contributed by atoms with van der Waals surface area (Å²) in [4.78, 5) is 30.6. The van der Waals surface area contributed by atoms with Crippen LogP contribution in [0.1, 0.15) is 58.0 Å². The van der Waals surface area contributed by atoms with Crippen molar-refractivity contribution in [3.63, 3.8) is 0 Å². The Kier molecular flexibility index (Phi) is 6.42. The number of β-amino-alcohol motifs (C(OH)–C–C–N with tert-alkyl or cyclic N) is 1. The van der Waals surface area contributed by atoms with E-state index in [0.717, 1.165) is 25.8 Å². The predicted octanol–water partition coefficient (Wildman–Crippen LogP) is 2.38. The lowest BCUT2D eigenvalue weighted by atomic mass is 9.76. The minimum absolute atomic E-state index is 0.0326. The zero-order valence-corrected chi connectivity index (χ0v) is 21.3. The number of fused-ring (bicyclic) bond motifs is 3. The molecule has 2 N–H and O–H groups in total. The molecule has 2 amide bonds. The molecule has 2 aromatic rings. The third-order valence-corrected chi connectivity index (χ3v) is 8.64. The highest BCUT2D eigenvalue weighted by atomic mass is 16.5. The maximum absolute atomic E-state index is 13.6. The van der Waals surface area contributed by atoms with Crippen molar-refractivity contribution in [2.45, 2.75) is 62.9 Å². The van der Waals surface area contributed by atoms with Crippen molar-refractivity contribution in [3.05, 3.63) is 64.7 Å². The fourth-order valence-corrected chi connectivity index (χ4v) is 6.54. The summed E-state index contributed by atoms with van der Waals surface area (Å²) in [6.07, 6.45) is 2.65. The largest absolute Gasteiger partial charge is 0.493 e. The number of nitrogens with one attached hydrogen (secondary N) is 1. The summed E-state index contributed by atoms with van der Waals surface area (Å²) >= 11 is 0. The van der Waals surface area contributed by atoms with Crippen LogP contribution >= 0.6 is 0 Å².